The van der Waals surface area contributed by atoms with Crippen LogP contribution < -0.4 is 95.0 Å². The summed E-state index contributed by atoms with van der Waals surface area (Å²) >= 11 is 0. The number of halogens is 3. The van der Waals surface area contributed by atoms with E-state index in [9.17, 15) is 37.8 Å². The van der Waals surface area contributed by atoms with E-state index >= 15 is 0 Å². The number of carboxylic acid groups (broad SMARTS) is 1. The third kappa shape index (κ3) is 9.48. The number of ether oxygens (including phenoxy) is 2. The van der Waals surface area contributed by atoms with Crippen LogP contribution in [0, 0.1) is 0 Å². The normalized spacial score (nSPS) is 11.3. The van der Waals surface area contributed by atoms with Gasteiger partial charge >= 0.3 is 71.5 Å². The Labute approximate surface area is 264 Å². The molecule has 39 heavy (non-hydrogen) atoms. The molecule has 0 unspecified atom stereocenters. The molecule has 0 fully saturated rings. The van der Waals surface area contributed by atoms with E-state index < -0.39 is 53.6 Å². The number of aromatic nitrogens is 1. The second kappa shape index (κ2) is 14.6. The number of pyridine rings is 1. The Hall–Kier alpha value is -2.68. The summed E-state index contributed by atoms with van der Waals surface area (Å²) in [5.74, 6) is -2.60. The van der Waals surface area contributed by atoms with Crippen molar-refractivity contribution in [2.24, 2.45) is 7.05 Å². The Bertz CT molecular complexity index is 1380. The maximum absolute atomic E-state index is 13.0. The largest absolute Gasteiger partial charge is 1.00 e. The van der Waals surface area contributed by atoms with Gasteiger partial charge in [-0.1, -0.05) is 30.0 Å². The van der Waals surface area contributed by atoms with Crippen LogP contribution in [0.3, 0.4) is 0 Å². The Balaban J connectivity index is 0.00000380. The van der Waals surface area contributed by atoms with Crippen molar-refractivity contribution in [2.45, 2.75) is 18.8 Å². The number of benzene rings is 2. The molecule has 2 aromatic carbocycles. The van der Waals surface area contributed by atoms with Gasteiger partial charge in [0.05, 0.1) is 13.2 Å². The maximum Gasteiger partial charge on any atom is 1.00 e. The molecule has 2 N–H and O–H groups in total. The molecule has 0 spiro atoms. The van der Waals surface area contributed by atoms with E-state index in [4.69, 9.17) is 4.74 Å². The number of methoxy groups -OCH3 is 1. The topological polar surface area (TPSA) is 145 Å². The molecule has 1 atom stereocenters. The summed E-state index contributed by atoms with van der Waals surface area (Å²) in [5, 5.41) is 27.8. The first-order valence-corrected chi connectivity index (χ1v) is 10.6. The van der Waals surface area contributed by atoms with E-state index in [1.807, 2.05) is 0 Å². The smallest absolute Gasteiger partial charge is 0.871 e. The van der Waals surface area contributed by atoms with Gasteiger partial charge in [0.2, 0.25) is 0 Å². The zero-order chi connectivity index (χ0) is 27.3. The second-order valence-corrected chi connectivity index (χ2v) is 7.73. The monoisotopic (exact) mass is 565 g/mol. The number of nitrogens with zero attached hydrogens (tertiary/aromatic N) is 1. The van der Waals surface area contributed by atoms with E-state index in [2.05, 4.69) is 15.4 Å². The summed E-state index contributed by atoms with van der Waals surface area (Å²) in [7, 11) is 2.73. The van der Waals surface area contributed by atoms with Crippen molar-refractivity contribution in [3.63, 3.8) is 0 Å². The van der Waals surface area contributed by atoms with Gasteiger partial charge < -0.3 is 39.7 Å². The summed E-state index contributed by atoms with van der Waals surface area (Å²) in [5.41, 5.74) is -1.11. The molecule has 3 rings (SSSR count). The predicted octanol–water partition coefficient (Wildman–Crippen LogP) is -3.96. The van der Waals surface area contributed by atoms with Gasteiger partial charge in [0, 0.05) is 31.2 Å². The molecule has 1 aromatic heterocycles. The average Bonchev–Trinajstić information content (AvgIpc) is 2.83. The molecule has 0 aliphatic carbocycles. The number of anilines is 1. The fourth-order valence-electron chi connectivity index (χ4n) is 3.45. The molecule has 10 nitrogen and oxygen atoms in total. The van der Waals surface area contributed by atoms with Gasteiger partial charge in [-0.15, -0.1) is 13.2 Å². The number of carbonyl (C=O) groups is 2. The Kier molecular flexibility index (Phi) is 12.9. The first-order chi connectivity index (χ1) is 17.4. The molecule has 0 bridgehead atoms. The number of carbonyl (C=O) groups excluding carboxylic acids is 2. The van der Waals surface area contributed by atoms with Crippen LogP contribution in [0.5, 0.6) is 17.2 Å². The van der Waals surface area contributed by atoms with Crippen LogP contribution in [-0.2, 0) is 11.8 Å². The quantitative estimate of drug-likeness (QED) is 0.265. The van der Waals surface area contributed by atoms with Crippen molar-refractivity contribution in [1.82, 2.24) is 9.88 Å². The second-order valence-electron chi connectivity index (χ2n) is 7.73. The number of nitrogens with one attached hydrogen (secondary N) is 2. The molecule has 2 amide bonds. The number of alkyl halides is 3. The first-order valence-electron chi connectivity index (χ1n) is 10.6. The minimum absolute atomic E-state index is 0. The summed E-state index contributed by atoms with van der Waals surface area (Å²) in [4.78, 5) is 36.1. The number of carboxylic acids is 1. The number of hydrogen-bond donors (Lipinski definition) is 2. The molecule has 0 radical (unpaired) electrons. The zero-order valence-corrected chi connectivity index (χ0v) is 25.4. The average molecular weight is 565 g/mol. The molecule has 0 saturated heterocycles. The van der Waals surface area contributed by atoms with Crippen LogP contribution in [0.25, 0.3) is 11.1 Å². The zero-order valence-electron chi connectivity index (χ0n) is 21.4. The molecule has 3 aromatic rings. The summed E-state index contributed by atoms with van der Waals surface area (Å²) < 4.78 is 49.4. The predicted molar refractivity (Wildman–Crippen MR) is 121 cm³/mol. The third-order valence-corrected chi connectivity index (χ3v) is 5.16. The van der Waals surface area contributed by atoms with Crippen LogP contribution >= 0.6 is 0 Å². The molecule has 0 saturated carbocycles. The molecule has 15 heteroatoms. The van der Waals surface area contributed by atoms with Gasteiger partial charge in [-0.25, -0.2) is 4.79 Å². The van der Waals surface area contributed by atoms with Crippen LogP contribution in [0.15, 0.2) is 59.5 Å². The maximum atomic E-state index is 13.0. The van der Waals surface area contributed by atoms with Crippen molar-refractivity contribution in [3.8, 4) is 28.4 Å². The van der Waals surface area contributed by atoms with Crippen LogP contribution in [-0.4, -0.2) is 30.0 Å². The van der Waals surface area contributed by atoms with E-state index in [0.29, 0.717) is 5.75 Å². The number of aryl methyl sites for hydroxylation is 1. The van der Waals surface area contributed by atoms with Gasteiger partial charge in [0.1, 0.15) is 17.2 Å². The van der Waals surface area contributed by atoms with Crippen LogP contribution in [0.4, 0.5) is 23.7 Å². The van der Waals surface area contributed by atoms with Gasteiger partial charge in [0.25, 0.3) is 5.56 Å². The van der Waals surface area contributed by atoms with Crippen LogP contribution in [0.2, 0.25) is 0 Å². The van der Waals surface area contributed by atoms with E-state index in [-0.39, 0.29) is 75.8 Å². The Morgan fingerprint density at radius 3 is 2.41 bits per heavy atom. The van der Waals surface area contributed by atoms with Crippen LogP contribution in [0.1, 0.15) is 18.0 Å². The van der Waals surface area contributed by atoms with Crippen molar-refractivity contribution < 1.29 is 102 Å². The van der Waals surface area contributed by atoms with E-state index in [0.717, 1.165) is 22.8 Å². The van der Waals surface area contributed by atoms with Gasteiger partial charge in [0.15, 0.2) is 0 Å². The SMILES string of the molecule is COc1cccc(-c2cc([C@H](CC(=O)[O-])NC(=O)Nc3c([O-])ccn(C)c3=O)ccc2OC(F)(F)F)c1.[Na+].[Na+]. The molecule has 1 heterocycles. The van der Waals surface area contributed by atoms with E-state index in [1.165, 1.54) is 44.6 Å². The van der Waals surface area contributed by atoms with Crippen molar-refractivity contribution in [3.05, 3.63) is 70.6 Å². The molecule has 196 valence electrons. The van der Waals surface area contributed by atoms with Gasteiger partial charge in [-0.3, -0.25) is 4.79 Å². The van der Waals surface area contributed by atoms with Gasteiger partial charge in [-0.2, -0.15) is 0 Å². The van der Waals surface area contributed by atoms with Crippen molar-refractivity contribution in [2.75, 3.05) is 12.4 Å². The minimum atomic E-state index is -5.02. The van der Waals surface area contributed by atoms with E-state index in [1.54, 1.807) is 6.07 Å². The number of amides is 2. The first kappa shape index (κ1) is 34.3. The van der Waals surface area contributed by atoms with Crippen molar-refractivity contribution in [1.29, 1.82) is 0 Å². The Morgan fingerprint density at radius 2 is 1.79 bits per heavy atom. The standard InChI is InChI=1S/C24H22F3N3O7.2Na/c1-30-9-8-18(31)21(22(30)34)29-23(35)28-17(12-20(32)33)14-6-7-19(37-24(25,26)27)16(11-14)13-4-3-5-15(10-13)36-2;;/h3-11,17,31H,12H2,1-2H3,(H,32,33)(H2,28,29,35);;/q;2*+1/p-2/t17-;;/m0../s1. The minimum Gasteiger partial charge on any atom is -0.871 e. The fraction of sp³-hybridized carbons (Fsp3) is 0.208. The third-order valence-electron chi connectivity index (χ3n) is 5.16. The number of rotatable bonds is 8. The molecule has 0 aliphatic heterocycles. The Morgan fingerprint density at radius 1 is 1.10 bits per heavy atom. The molecular weight excluding hydrogens is 545 g/mol. The molecule has 0 aliphatic rings. The molecular formula is C24H20F3N3Na2O7. The summed E-state index contributed by atoms with van der Waals surface area (Å²) in [6.07, 6.45) is -4.59. The number of hydrogen-bond acceptors (Lipinski definition) is 7. The van der Waals surface area contributed by atoms with Crippen molar-refractivity contribution >= 4 is 17.7 Å². The number of urea groups is 1. The number of aliphatic carboxylic acids is 1. The fourth-order valence-corrected chi connectivity index (χ4v) is 3.45. The summed E-state index contributed by atoms with van der Waals surface area (Å²) in [6, 6.07) is 7.99. The van der Waals surface area contributed by atoms with Gasteiger partial charge in [-0.05, 0) is 35.4 Å². The summed E-state index contributed by atoms with van der Waals surface area (Å²) in [6.45, 7) is 0.